The van der Waals surface area contributed by atoms with E-state index in [0.29, 0.717) is 11.8 Å². The van der Waals surface area contributed by atoms with Gasteiger partial charge in [0.05, 0.1) is 22.5 Å². The molecule has 2 aromatic rings. The Morgan fingerprint density at radius 1 is 1.10 bits per heavy atom. The summed E-state index contributed by atoms with van der Waals surface area (Å²) in [4.78, 5) is 12.7. The third-order valence-corrected chi connectivity index (χ3v) is 5.66. The summed E-state index contributed by atoms with van der Waals surface area (Å²) in [6.45, 7) is 4.93. The lowest BCUT2D eigenvalue weighted by atomic mass is 10.1. The maximum absolute atomic E-state index is 13.0. The van der Waals surface area contributed by atoms with E-state index in [9.17, 15) is 26.4 Å². The standard InChI is InChI=1S/C19H20ClF3N2O3S/c1-11-7-12(2)9-15(8-11)25(29(4,27)28)13(3)18(26)24-14-5-6-17(20)16(10-14)19(21,22)23/h5-10,13H,1-4H3,(H,24,26)/t13-/m0/s1. The van der Waals surface area contributed by atoms with Crippen LogP contribution in [0.25, 0.3) is 0 Å². The molecule has 0 fully saturated rings. The van der Waals surface area contributed by atoms with E-state index in [1.807, 2.05) is 6.07 Å². The van der Waals surface area contributed by atoms with Gasteiger partial charge in [-0.25, -0.2) is 8.42 Å². The Morgan fingerprint density at radius 3 is 2.14 bits per heavy atom. The van der Waals surface area contributed by atoms with Gasteiger partial charge < -0.3 is 5.32 Å². The number of carbonyl (C=O) groups excluding carboxylic acids is 1. The van der Waals surface area contributed by atoms with Crippen molar-refractivity contribution in [1.82, 2.24) is 0 Å². The molecule has 0 aliphatic carbocycles. The van der Waals surface area contributed by atoms with Gasteiger partial charge in [0.1, 0.15) is 6.04 Å². The normalized spacial score (nSPS) is 13.1. The van der Waals surface area contributed by atoms with E-state index in [4.69, 9.17) is 11.6 Å². The monoisotopic (exact) mass is 448 g/mol. The van der Waals surface area contributed by atoms with Crippen molar-refractivity contribution in [3.05, 3.63) is 58.1 Å². The number of benzene rings is 2. The third-order valence-electron chi connectivity index (χ3n) is 4.09. The molecule has 1 N–H and O–H groups in total. The topological polar surface area (TPSA) is 66.5 Å². The predicted octanol–water partition coefficient (Wildman–Crippen LogP) is 4.77. The van der Waals surface area contributed by atoms with Crippen LogP contribution in [0.5, 0.6) is 0 Å². The van der Waals surface area contributed by atoms with Crippen molar-refractivity contribution in [3.63, 3.8) is 0 Å². The first-order chi connectivity index (χ1) is 13.2. The number of nitrogens with zero attached hydrogens (tertiary/aromatic N) is 1. The fraction of sp³-hybridized carbons (Fsp3) is 0.316. The number of aryl methyl sites for hydroxylation is 2. The van der Waals surface area contributed by atoms with Gasteiger partial charge in [0, 0.05) is 5.69 Å². The summed E-state index contributed by atoms with van der Waals surface area (Å²) in [6, 6.07) is 6.79. The molecule has 0 aliphatic rings. The lowest BCUT2D eigenvalue weighted by molar-refractivity contribution is -0.137. The molecule has 2 aromatic carbocycles. The van der Waals surface area contributed by atoms with Crippen LogP contribution in [-0.4, -0.2) is 26.6 Å². The van der Waals surface area contributed by atoms with E-state index >= 15 is 0 Å². The van der Waals surface area contributed by atoms with E-state index in [1.54, 1.807) is 26.0 Å². The number of anilines is 2. The number of carbonyl (C=O) groups is 1. The van der Waals surface area contributed by atoms with E-state index in [1.165, 1.54) is 13.0 Å². The quantitative estimate of drug-likeness (QED) is 0.716. The molecule has 0 unspecified atom stereocenters. The highest BCUT2D eigenvalue weighted by Gasteiger charge is 2.34. The molecular formula is C19H20ClF3N2O3S. The second-order valence-electron chi connectivity index (χ2n) is 6.76. The van der Waals surface area contributed by atoms with E-state index in [0.717, 1.165) is 27.8 Å². The van der Waals surface area contributed by atoms with Crippen LogP contribution >= 0.6 is 11.6 Å². The maximum atomic E-state index is 13.0. The highest BCUT2D eigenvalue weighted by molar-refractivity contribution is 7.92. The second kappa shape index (κ2) is 8.23. The molecule has 1 amide bonds. The zero-order valence-corrected chi connectivity index (χ0v) is 17.7. The fourth-order valence-corrected chi connectivity index (χ4v) is 4.34. The molecule has 0 heterocycles. The largest absolute Gasteiger partial charge is 0.417 e. The van der Waals surface area contributed by atoms with Gasteiger partial charge in [-0.3, -0.25) is 9.10 Å². The van der Waals surface area contributed by atoms with Gasteiger partial charge in [-0.1, -0.05) is 17.7 Å². The predicted molar refractivity (Wildman–Crippen MR) is 108 cm³/mol. The van der Waals surface area contributed by atoms with Crippen molar-refractivity contribution in [1.29, 1.82) is 0 Å². The van der Waals surface area contributed by atoms with Gasteiger partial charge in [0.2, 0.25) is 15.9 Å². The van der Waals surface area contributed by atoms with Crippen LogP contribution in [0.15, 0.2) is 36.4 Å². The van der Waals surface area contributed by atoms with Crippen molar-refractivity contribution in [3.8, 4) is 0 Å². The van der Waals surface area contributed by atoms with Crippen LogP contribution in [0.4, 0.5) is 24.5 Å². The molecule has 29 heavy (non-hydrogen) atoms. The summed E-state index contributed by atoms with van der Waals surface area (Å²) in [5, 5.41) is 1.83. The van der Waals surface area contributed by atoms with Crippen LogP contribution in [-0.2, 0) is 21.0 Å². The molecule has 0 aliphatic heterocycles. The molecule has 2 rings (SSSR count). The molecule has 10 heteroatoms. The van der Waals surface area contributed by atoms with Crippen molar-refractivity contribution in [2.75, 3.05) is 15.9 Å². The Balaban J connectivity index is 2.38. The highest BCUT2D eigenvalue weighted by Crippen LogP contribution is 2.36. The number of nitrogens with one attached hydrogen (secondary N) is 1. The number of hydrogen-bond acceptors (Lipinski definition) is 3. The molecule has 0 radical (unpaired) electrons. The first-order valence-corrected chi connectivity index (χ1v) is 10.7. The van der Waals surface area contributed by atoms with Crippen LogP contribution in [0.2, 0.25) is 5.02 Å². The number of rotatable bonds is 5. The van der Waals surface area contributed by atoms with Crippen LogP contribution in [0.1, 0.15) is 23.6 Å². The molecule has 0 saturated carbocycles. The minimum atomic E-state index is -4.69. The number of amides is 1. The van der Waals surface area contributed by atoms with Gasteiger partial charge in [-0.2, -0.15) is 13.2 Å². The molecule has 1 atom stereocenters. The van der Waals surface area contributed by atoms with E-state index < -0.39 is 38.7 Å². The number of sulfonamides is 1. The van der Waals surface area contributed by atoms with Gasteiger partial charge in [0.15, 0.2) is 0 Å². The number of hydrogen-bond donors (Lipinski definition) is 1. The molecule has 5 nitrogen and oxygen atoms in total. The first kappa shape index (κ1) is 23.0. The summed E-state index contributed by atoms with van der Waals surface area (Å²) >= 11 is 5.58. The van der Waals surface area contributed by atoms with Crippen LogP contribution < -0.4 is 9.62 Å². The molecule has 0 aromatic heterocycles. The van der Waals surface area contributed by atoms with E-state index in [2.05, 4.69) is 5.32 Å². The Bertz CT molecular complexity index is 1020. The summed E-state index contributed by atoms with van der Waals surface area (Å²) < 4.78 is 64.7. The number of alkyl halides is 3. The van der Waals surface area contributed by atoms with Crippen LogP contribution in [0.3, 0.4) is 0 Å². The summed E-state index contributed by atoms with van der Waals surface area (Å²) in [6.07, 6.45) is -3.74. The molecule has 158 valence electrons. The Labute approximate surface area is 172 Å². The molecule has 0 spiro atoms. The number of halogens is 4. The summed E-state index contributed by atoms with van der Waals surface area (Å²) in [5.41, 5.74) is 0.647. The maximum Gasteiger partial charge on any atom is 0.417 e. The van der Waals surface area contributed by atoms with Crippen molar-refractivity contribution >= 4 is 38.9 Å². The zero-order chi connectivity index (χ0) is 22.1. The van der Waals surface area contributed by atoms with Crippen molar-refractivity contribution in [2.45, 2.75) is 33.0 Å². The average Bonchev–Trinajstić information content (AvgIpc) is 2.53. The summed E-state index contributed by atoms with van der Waals surface area (Å²) in [5.74, 6) is -0.787. The van der Waals surface area contributed by atoms with Crippen molar-refractivity contribution in [2.24, 2.45) is 0 Å². The third kappa shape index (κ3) is 5.63. The molecule has 0 saturated heterocycles. The van der Waals surface area contributed by atoms with E-state index in [-0.39, 0.29) is 5.69 Å². The van der Waals surface area contributed by atoms with Gasteiger partial charge in [0.25, 0.3) is 0 Å². The van der Waals surface area contributed by atoms with Gasteiger partial charge in [-0.05, 0) is 62.2 Å². The SMILES string of the molecule is Cc1cc(C)cc(N([C@@H](C)C(=O)Nc2ccc(Cl)c(C(F)(F)F)c2)S(C)(=O)=O)c1. The molecule has 0 bridgehead atoms. The second-order valence-corrected chi connectivity index (χ2v) is 9.03. The minimum absolute atomic E-state index is 0.146. The van der Waals surface area contributed by atoms with Gasteiger partial charge >= 0.3 is 6.18 Å². The highest BCUT2D eigenvalue weighted by atomic mass is 35.5. The fourth-order valence-electron chi connectivity index (χ4n) is 2.95. The van der Waals surface area contributed by atoms with Crippen molar-refractivity contribution < 1.29 is 26.4 Å². The smallest absolute Gasteiger partial charge is 0.324 e. The Morgan fingerprint density at radius 2 is 1.66 bits per heavy atom. The zero-order valence-electron chi connectivity index (χ0n) is 16.1. The molecular weight excluding hydrogens is 429 g/mol. The van der Waals surface area contributed by atoms with Crippen LogP contribution in [0, 0.1) is 13.8 Å². The minimum Gasteiger partial charge on any atom is -0.324 e. The lowest BCUT2D eigenvalue weighted by Crippen LogP contribution is -2.45. The first-order valence-electron chi connectivity index (χ1n) is 8.45. The van der Waals surface area contributed by atoms with Gasteiger partial charge in [-0.15, -0.1) is 0 Å². The lowest BCUT2D eigenvalue weighted by Gasteiger charge is -2.29. The summed E-state index contributed by atoms with van der Waals surface area (Å²) in [7, 11) is -3.85. The Kier molecular flexibility index (Phi) is 6.54. The average molecular weight is 449 g/mol. The Hall–Kier alpha value is -2.26.